The van der Waals surface area contributed by atoms with E-state index in [-0.39, 0.29) is 24.0 Å². The Hall–Kier alpha value is -2.44. The van der Waals surface area contributed by atoms with Crippen molar-refractivity contribution in [1.29, 1.82) is 0 Å². The highest BCUT2D eigenvalue weighted by atomic mass is 35.5. The maximum atomic E-state index is 14.0. The normalized spacial score (nSPS) is 18.4. The van der Waals surface area contributed by atoms with Crippen molar-refractivity contribution >= 4 is 29.2 Å². The molecule has 2 atom stereocenters. The van der Waals surface area contributed by atoms with Gasteiger partial charge in [-0.2, -0.15) is 0 Å². The van der Waals surface area contributed by atoms with Crippen LogP contribution < -0.4 is 5.32 Å². The van der Waals surface area contributed by atoms with Gasteiger partial charge in [-0.05, 0) is 42.3 Å². The SMILES string of the molecule is COCc1cc(NC(=O)C2CC2c2c(F)cccc2Cl)cc(C(=O)O)c1. The number of carbonyl (C=O) groups is 2. The minimum atomic E-state index is -1.10. The first-order valence-electron chi connectivity index (χ1n) is 8.01. The molecule has 1 aliphatic rings. The molecule has 2 N–H and O–H groups in total. The third-order valence-corrected chi connectivity index (χ3v) is 4.65. The van der Waals surface area contributed by atoms with Crippen molar-refractivity contribution in [3.05, 3.63) is 63.9 Å². The number of carbonyl (C=O) groups excluding carboxylic acids is 1. The molecule has 2 unspecified atom stereocenters. The first-order chi connectivity index (χ1) is 12.4. The highest BCUT2D eigenvalue weighted by Crippen LogP contribution is 2.50. The first kappa shape index (κ1) is 18.4. The van der Waals surface area contributed by atoms with E-state index in [4.69, 9.17) is 16.3 Å². The zero-order valence-corrected chi connectivity index (χ0v) is 14.7. The van der Waals surface area contributed by atoms with Gasteiger partial charge in [-0.15, -0.1) is 0 Å². The number of rotatable bonds is 6. The smallest absolute Gasteiger partial charge is 0.335 e. The molecule has 5 nitrogen and oxygen atoms in total. The van der Waals surface area contributed by atoms with Crippen LogP contribution in [0.1, 0.15) is 33.8 Å². The molecule has 0 aromatic heterocycles. The van der Waals surface area contributed by atoms with E-state index in [0.717, 1.165) is 0 Å². The summed E-state index contributed by atoms with van der Waals surface area (Å²) in [4.78, 5) is 23.7. The predicted molar refractivity (Wildman–Crippen MR) is 95.0 cm³/mol. The fourth-order valence-electron chi connectivity index (χ4n) is 3.04. The molecule has 26 heavy (non-hydrogen) atoms. The number of ether oxygens (including phenoxy) is 1. The number of aromatic carboxylic acids is 1. The zero-order valence-electron chi connectivity index (χ0n) is 14.0. The number of carboxylic acids is 1. The number of hydrogen-bond acceptors (Lipinski definition) is 3. The molecule has 136 valence electrons. The van der Waals surface area contributed by atoms with Crippen molar-refractivity contribution in [2.24, 2.45) is 5.92 Å². The van der Waals surface area contributed by atoms with Gasteiger partial charge in [-0.3, -0.25) is 4.79 Å². The summed E-state index contributed by atoms with van der Waals surface area (Å²) in [5, 5.41) is 12.2. The van der Waals surface area contributed by atoms with Crippen LogP contribution in [-0.2, 0) is 16.1 Å². The lowest BCUT2D eigenvalue weighted by molar-refractivity contribution is -0.117. The van der Waals surface area contributed by atoms with Crippen molar-refractivity contribution in [2.75, 3.05) is 12.4 Å². The predicted octanol–water partition coefficient (Wildman–Crippen LogP) is 4.07. The molecule has 0 aliphatic heterocycles. The lowest BCUT2D eigenvalue weighted by atomic mass is 10.1. The van der Waals surface area contributed by atoms with Crippen LogP contribution in [0.5, 0.6) is 0 Å². The van der Waals surface area contributed by atoms with Gasteiger partial charge in [0.15, 0.2) is 0 Å². The molecule has 7 heteroatoms. The van der Waals surface area contributed by atoms with E-state index < -0.39 is 17.7 Å². The Kier molecular flexibility index (Phi) is 5.25. The Balaban J connectivity index is 1.76. The van der Waals surface area contributed by atoms with Gasteiger partial charge in [-0.25, -0.2) is 9.18 Å². The minimum absolute atomic E-state index is 0.0549. The lowest BCUT2D eigenvalue weighted by Gasteiger charge is -2.10. The fourth-order valence-corrected chi connectivity index (χ4v) is 3.34. The summed E-state index contributed by atoms with van der Waals surface area (Å²) in [6.07, 6.45) is 0.496. The minimum Gasteiger partial charge on any atom is -0.478 e. The van der Waals surface area contributed by atoms with Gasteiger partial charge in [0, 0.05) is 35.2 Å². The molecule has 0 spiro atoms. The average Bonchev–Trinajstić information content (AvgIpc) is 3.35. The van der Waals surface area contributed by atoms with Gasteiger partial charge in [0.2, 0.25) is 5.91 Å². The van der Waals surface area contributed by atoms with Crippen LogP contribution in [0.25, 0.3) is 0 Å². The maximum absolute atomic E-state index is 14.0. The number of carboxylic acid groups (broad SMARTS) is 1. The van der Waals surface area contributed by atoms with Crippen LogP contribution in [0.4, 0.5) is 10.1 Å². The highest BCUT2D eigenvalue weighted by molar-refractivity contribution is 6.31. The summed E-state index contributed by atoms with van der Waals surface area (Å²) >= 11 is 6.05. The molecular weight excluding hydrogens is 361 g/mol. The molecule has 1 saturated carbocycles. The molecule has 0 saturated heterocycles. The number of benzene rings is 2. The number of methoxy groups -OCH3 is 1. The van der Waals surface area contributed by atoms with Gasteiger partial charge in [0.25, 0.3) is 0 Å². The quantitative estimate of drug-likeness (QED) is 0.795. The van der Waals surface area contributed by atoms with Crippen LogP contribution in [0.2, 0.25) is 5.02 Å². The molecule has 1 fully saturated rings. The lowest BCUT2D eigenvalue weighted by Crippen LogP contribution is -2.15. The number of amides is 1. The molecule has 3 rings (SSSR count). The highest BCUT2D eigenvalue weighted by Gasteiger charge is 2.46. The molecule has 1 amide bonds. The molecule has 0 bridgehead atoms. The number of anilines is 1. The standard InChI is InChI=1S/C19H17ClFNO4/c1-26-9-10-5-11(19(24)25)7-12(6-10)22-18(23)14-8-13(14)17-15(20)3-2-4-16(17)21/h2-7,13-14H,8-9H2,1H3,(H,22,23)(H,24,25). The van der Waals surface area contributed by atoms with Gasteiger partial charge in [0.05, 0.1) is 12.2 Å². The Bertz CT molecular complexity index is 850. The Morgan fingerprint density at radius 3 is 2.77 bits per heavy atom. The molecule has 0 radical (unpaired) electrons. The number of nitrogens with one attached hydrogen (secondary N) is 1. The Labute approximate surface area is 154 Å². The van der Waals surface area contributed by atoms with E-state index >= 15 is 0 Å². The van der Waals surface area contributed by atoms with E-state index in [0.29, 0.717) is 28.3 Å². The van der Waals surface area contributed by atoms with Crippen LogP contribution >= 0.6 is 11.6 Å². The molecule has 2 aromatic carbocycles. The molecular formula is C19H17ClFNO4. The monoisotopic (exact) mass is 377 g/mol. The Morgan fingerprint density at radius 2 is 2.12 bits per heavy atom. The van der Waals surface area contributed by atoms with Crippen molar-refractivity contribution in [2.45, 2.75) is 18.9 Å². The fraction of sp³-hybridized carbons (Fsp3) is 0.263. The van der Waals surface area contributed by atoms with Crippen LogP contribution in [0.3, 0.4) is 0 Å². The Morgan fingerprint density at radius 1 is 1.35 bits per heavy atom. The zero-order chi connectivity index (χ0) is 18.8. The summed E-state index contributed by atoms with van der Waals surface area (Å²) in [6.45, 7) is 0.223. The van der Waals surface area contributed by atoms with Crippen molar-refractivity contribution in [3.63, 3.8) is 0 Å². The third-order valence-electron chi connectivity index (χ3n) is 4.32. The van der Waals surface area contributed by atoms with Gasteiger partial charge < -0.3 is 15.2 Å². The van der Waals surface area contributed by atoms with E-state index in [1.807, 2.05) is 0 Å². The van der Waals surface area contributed by atoms with Gasteiger partial charge >= 0.3 is 5.97 Å². The van der Waals surface area contributed by atoms with E-state index in [9.17, 15) is 19.1 Å². The second-order valence-corrected chi connectivity index (χ2v) is 6.64. The molecule has 1 aliphatic carbocycles. The summed E-state index contributed by atoms with van der Waals surface area (Å²) in [6, 6.07) is 8.96. The average molecular weight is 378 g/mol. The van der Waals surface area contributed by atoms with Crippen molar-refractivity contribution < 1.29 is 23.8 Å². The topological polar surface area (TPSA) is 75.6 Å². The van der Waals surface area contributed by atoms with Crippen molar-refractivity contribution in [3.8, 4) is 0 Å². The summed E-state index contributed by atoms with van der Waals surface area (Å²) in [7, 11) is 1.50. The third kappa shape index (κ3) is 3.86. The molecule has 2 aromatic rings. The maximum Gasteiger partial charge on any atom is 0.335 e. The van der Waals surface area contributed by atoms with Crippen LogP contribution in [-0.4, -0.2) is 24.1 Å². The second-order valence-electron chi connectivity index (χ2n) is 6.23. The molecule has 0 heterocycles. The largest absolute Gasteiger partial charge is 0.478 e. The van der Waals surface area contributed by atoms with E-state index in [1.54, 1.807) is 12.1 Å². The van der Waals surface area contributed by atoms with Gasteiger partial charge in [0.1, 0.15) is 5.82 Å². The van der Waals surface area contributed by atoms with Crippen LogP contribution in [0.15, 0.2) is 36.4 Å². The van der Waals surface area contributed by atoms with E-state index in [1.165, 1.54) is 31.4 Å². The summed E-state index contributed by atoms with van der Waals surface area (Å²) in [5.41, 5.74) is 1.41. The van der Waals surface area contributed by atoms with Crippen molar-refractivity contribution in [1.82, 2.24) is 0 Å². The van der Waals surface area contributed by atoms with Gasteiger partial charge in [-0.1, -0.05) is 17.7 Å². The van der Waals surface area contributed by atoms with Crippen LogP contribution in [0, 0.1) is 11.7 Å². The second kappa shape index (κ2) is 7.43. The first-order valence-corrected chi connectivity index (χ1v) is 8.39. The van der Waals surface area contributed by atoms with E-state index in [2.05, 4.69) is 5.32 Å². The number of hydrogen-bond donors (Lipinski definition) is 2. The summed E-state index contributed by atoms with van der Waals surface area (Å²) < 4.78 is 19.0. The number of halogens is 2. The summed E-state index contributed by atoms with van der Waals surface area (Å²) in [5.74, 6) is -2.48.